The van der Waals surface area contributed by atoms with Gasteiger partial charge in [-0.15, -0.1) is 0 Å². The second kappa shape index (κ2) is 7.00. The van der Waals surface area contributed by atoms with E-state index >= 15 is 0 Å². The Balaban J connectivity index is 2.06. The maximum Gasteiger partial charge on any atom is 0.352 e. The predicted molar refractivity (Wildman–Crippen MR) is 96.7 cm³/mol. The van der Waals surface area contributed by atoms with Gasteiger partial charge in [0.05, 0.1) is 5.02 Å². The summed E-state index contributed by atoms with van der Waals surface area (Å²) in [6.07, 6.45) is 7.08. The molecule has 0 amide bonds. The van der Waals surface area contributed by atoms with Crippen molar-refractivity contribution in [2.24, 2.45) is 5.41 Å². The highest BCUT2D eigenvalue weighted by atomic mass is 35.5. The lowest BCUT2D eigenvalue weighted by molar-refractivity contribution is -0.210. The van der Waals surface area contributed by atoms with E-state index in [1.54, 1.807) is 12.1 Å². The van der Waals surface area contributed by atoms with E-state index in [0.29, 0.717) is 11.4 Å². The molecule has 1 atom stereocenters. The molecule has 25 heavy (non-hydrogen) atoms. The molecule has 0 saturated heterocycles. The lowest BCUT2D eigenvalue weighted by Gasteiger charge is -2.34. The van der Waals surface area contributed by atoms with Gasteiger partial charge in [0.2, 0.25) is 0 Å². The van der Waals surface area contributed by atoms with E-state index in [2.05, 4.69) is 11.8 Å². The van der Waals surface area contributed by atoms with Crippen molar-refractivity contribution in [3.63, 3.8) is 0 Å². The molecular formula is C19H20Cl2O4. The van der Waals surface area contributed by atoms with Crippen LogP contribution in [-0.4, -0.2) is 11.8 Å². The minimum absolute atomic E-state index is 0.0702. The van der Waals surface area contributed by atoms with Crippen molar-refractivity contribution in [3.05, 3.63) is 33.3 Å². The van der Waals surface area contributed by atoms with Crippen LogP contribution < -0.4 is 4.89 Å². The van der Waals surface area contributed by atoms with Gasteiger partial charge in [0.15, 0.2) is 11.5 Å². The first kappa shape index (κ1) is 18.3. The fraction of sp³-hybridized carbons (Fsp3) is 0.474. The molecule has 1 aromatic rings. The number of hydrogen-bond donors (Lipinski definition) is 0. The zero-order chi connectivity index (χ0) is 18.2. The minimum atomic E-state index is -0.575. The number of halogens is 2. The van der Waals surface area contributed by atoms with Crippen molar-refractivity contribution in [3.8, 4) is 5.75 Å². The molecule has 0 N–H and O–H groups in total. The van der Waals surface area contributed by atoms with Gasteiger partial charge >= 0.3 is 5.97 Å². The summed E-state index contributed by atoms with van der Waals surface area (Å²) in [7, 11) is 0. The van der Waals surface area contributed by atoms with E-state index in [-0.39, 0.29) is 22.0 Å². The van der Waals surface area contributed by atoms with Crippen molar-refractivity contribution < 1.29 is 19.4 Å². The van der Waals surface area contributed by atoms with Crippen LogP contribution in [-0.2, 0) is 20.9 Å². The Morgan fingerprint density at radius 3 is 2.76 bits per heavy atom. The van der Waals surface area contributed by atoms with Crippen LogP contribution in [0.15, 0.2) is 12.1 Å². The maximum absolute atomic E-state index is 12.0. The lowest BCUT2D eigenvalue weighted by Crippen LogP contribution is -2.25. The molecule has 0 aliphatic heterocycles. The second-order valence-corrected chi connectivity index (χ2v) is 7.54. The summed E-state index contributed by atoms with van der Waals surface area (Å²) >= 11 is 12.8. The molecule has 2 aliphatic rings. The quantitative estimate of drug-likeness (QED) is 0.510. The zero-order valence-corrected chi connectivity index (χ0v) is 15.8. The van der Waals surface area contributed by atoms with Gasteiger partial charge < -0.3 is 0 Å². The molecule has 0 radical (unpaired) electrons. The third-order valence-electron chi connectivity index (χ3n) is 5.04. The summed E-state index contributed by atoms with van der Waals surface area (Å²) in [5.41, 5.74) is 2.75. The number of ketones is 1. The maximum atomic E-state index is 12.0. The first-order chi connectivity index (χ1) is 11.9. The van der Waals surface area contributed by atoms with Gasteiger partial charge in [-0.1, -0.05) is 43.0 Å². The average molecular weight is 383 g/mol. The number of fused-ring (bicyclic) bond motifs is 3. The number of rotatable bonds is 5. The van der Waals surface area contributed by atoms with E-state index in [1.807, 2.05) is 0 Å². The number of unbranched alkanes of at least 4 members (excludes halogenated alkanes) is 1. The molecule has 1 unspecified atom stereocenters. The van der Waals surface area contributed by atoms with Gasteiger partial charge in [-0.2, -0.15) is 0 Å². The molecule has 134 valence electrons. The third kappa shape index (κ3) is 3.30. The number of allylic oxidation sites excluding steroid dienone is 2. The molecule has 0 spiro atoms. The minimum Gasteiger partial charge on any atom is -0.295 e. The highest BCUT2D eigenvalue weighted by molar-refractivity contribution is 6.44. The van der Waals surface area contributed by atoms with Crippen molar-refractivity contribution >= 4 is 40.5 Å². The van der Waals surface area contributed by atoms with Gasteiger partial charge in [-0.05, 0) is 42.5 Å². The Labute approximate surface area is 157 Å². The molecule has 4 nitrogen and oxygen atoms in total. The van der Waals surface area contributed by atoms with Crippen molar-refractivity contribution in [2.45, 2.75) is 52.4 Å². The van der Waals surface area contributed by atoms with Crippen LogP contribution in [0.25, 0.3) is 5.57 Å². The van der Waals surface area contributed by atoms with Crippen LogP contribution in [0.1, 0.15) is 57.1 Å². The zero-order valence-electron chi connectivity index (χ0n) is 14.3. The highest BCUT2D eigenvalue weighted by Gasteiger charge is 2.45. The first-order valence-electron chi connectivity index (χ1n) is 8.49. The van der Waals surface area contributed by atoms with Gasteiger partial charge in [0.25, 0.3) is 0 Å². The topological polar surface area (TPSA) is 52.6 Å². The van der Waals surface area contributed by atoms with E-state index in [0.717, 1.165) is 48.8 Å². The molecule has 0 saturated carbocycles. The molecular weight excluding hydrogens is 363 g/mol. The standard InChI is InChI=1S/C19H20Cl2O4/c1-3-4-6-19-7-5-13(23)9-14(19)16-12(10-19)8-15(17(20)18(16)21)25-24-11(2)22/h8-9H,3-7,10H2,1-2H3. The van der Waals surface area contributed by atoms with Gasteiger partial charge in [-0.25, -0.2) is 4.79 Å². The fourth-order valence-corrected chi connectivity index (χ4v) is 4.38. The van der Waals surface area contributed by atoms with Crippen LogP contribution in [0, 0.1) is 5.41 Å². The lowest BCUT2D eigenvalue weighted by atomic mass is 9.69. The van der Waals surface area contributed by atoms with E-state index in [1.165, 1.54) is 6.92 Å². The predicted octanol–water partition coefficient (Wildman–Crippen LogP) is 5.33. The molecule has 0 aromatic heterocycles. The van der Waals surface area contributed by atoms with Gasteiger partial charge in [0, 0.05) is 24.3 Å². The molecule has 0 heterocycles. The summed E-state index contributed by atoms with van der Waals surface area (Å²) < 4.78 is 0. The molecule has 1 aromatic carbocycles. The monoisotopic (exact) mass is 382 g/mol. The number of benzene rings is 1. The van der Waals surface area contributed by atoms with E-state index in [4.69, 9.17) is 28.1 Å². The second-order valence-electron chi connectivity index (χ2n) is 6.78. The average Bonchev–Trinajstić information content (AvgIpc) is 2.89. The molecule has 0 bridgehead atoms. The van der Waals surface area contributed by atoms with Crippen LogP contribution in [0.5, 0.6) is 5.75 Å². The summed E-state index contributed by atoms with van der Waals surface area (Å²) in [5, 5.41) is 0.535. The SMILES string of the molecule is CCCCC12CCC(=O)C=C1c1c(cc(OOC(C)=O)c(Cl)c1Cl)C2. The highest BCUT2D eigenvalue weighted by Crippen LogP contribution is 2.58. The summed E-state index contributed by atoms with van der Waals surface area (Å²) in [5.74, 6) is -0.228. The first-order valence-corrected chi connectivity index (χ1v) is 9.25. The van der Waals surface area contributed by atoms with Crippen LogP contribution in [0.4, 0.5) is 0 Å². The number of carbonyl (C=O) groups is 2. The van der Waals surface area contributed by atoms with Crippen LogP contribution in [0.2, 0.25) is 10.0 Å². The van der Waals surface area contributed by atoms with Gasteiger partial charge in [0.1, 0.15) is 5.02 Å². The Morgan fingerprint density at radius 2 is 2.08 bits per heavy atom. The summed E-state index contributed by atoms with van der Waals surface area (Å²) in [6.45, 7) is 3.40. The Hall–Kier alpha value is -1.52. The number of carbonyl (C=O) groups excluding carboxylic acids is 2. The van der Waals surface area contributed by atoms with Crippen molar-refractivity contribution in [1.29, 1.82) is 0 Å². The molecule has 0 fully saturated rings. The summed E-state index contributed by atoms with van der Waals surface area (Å²) in [4.78, 5) is 32.7. The Kier molecular flexibility index (Phi) is 5.12. The van der Waals surface area contributed by atoms with E-state index in [9.17, 15) is 9.59 Å². The fourth-order valence-electron chi connectivity index (χ4n) is 3.88. The van der Waals surface area contributed by atoms with Crippen LogP contribution >= 0.6 is 23.2 Å². The van der Waals surface area contributed by atoms with Crippen molar-refractivity contribution in [2.75, 3.05) is 0 Å². The Bertz CT molecular complexity index is 769. The Morgan fingerprint density at radius 1 is 1.32 bits per heavy atom. The van der Waals surface area contributed by atoms with Gasteiger partial charge in [-0.3, -0.25) is 14.6 Å². The summed E-state index contributed by atoms with van der Waals surface area (Å²) in [6, 6.07) is 1.77. The normalized spacial score (nSPS) is 21.4. The van der Waals surface area contributed by atoms with E-state index < -0.39 is 5.97 Å². The molecule has 6 heteroatoms. The van der Waals surface area contributed by atoms with Crippen molar-refractivity contribution in [1.82, 2.24) is 0 Å². The largest absolute Gasteiger partial charge is 0.352 e. The molecule has 3 rings (SSSR count). The van der Waals surface area contributed by atoms with Crippen LogP contribution in [0.3, 0.4) is 0 Å². The molecule has 2 aliphatic carbocycles. The number of hydrogen-bond acceptors (Lipinski definition) is 4. The third-order valence-corrected chi connectivity index (χ3v) is 5.89. The smallest absolute Gasteiger partial charge is 0.295 e.